The first-order valence-corrected chi connectivity index (χ1v) is 5.54. The second-order valence-electron chi connectivity index (χ2n) is 4.73. The van der Waals surface area contributed by atoms with Gasteiger partial charge in [-0.25, -0.2) is 4.79 Å². The Balaban J connectivity index is 3.59. The van der Waals surface area contributed by atoms with Gasteiger partial charge in [0, 0.05) is 26.2 Å². The SMILES string of the molecule is COCCNC(C)CNC(=O)OC(C)(C)C. The van der Waals surface area contributed by atoms with Gasteiger partial charge in [-0.2, -0.15) is 0 Å². The maximum atomic E-state index is 11.3. The molecule has 0 aromatic heterocycles. The van der Waals surface area contributed by atoms with Crippen molar-refractivity contribution in [2.75, 3.05) is 26.8 Å². The smallest absolute Gasteiger partial charge is 0.407 e. The third kappa shape index (κ3) is 9.73. The number of methoxy groups -OCH3 is 1. The van der Waals surface area contributed by atoms with Crippen molar-refractivity contribution in [3.8, 4) is 0 Å². The molecule has 0 saturated carbocycles. The number of alkyl carbamates (subject to hydrolysis) is 1. The molecule has 0 spiro atoms. The third-order valence-electron chi connectivity index (χ3n) is 1.75. The van der Waals surface area contributed by atoms with Crippen LogP contribution < -0.4 is 10.6 Å². The standard InChI is InChI=1S/C11H24N2O3/c1-9(12-6-7-15-5)8-13-10(14)16-11(2,3)4/h9,12H,6-8H2,1-5H3,(H,13,14). The fourth-order valence-electron chi connectivity index (χ4n) is 1.03. The van der Waals surface area contributed by atoms with E-state index in [4.69, 9.17) is 9.47 Å². The van der Waals surface area contributed by atoms with Gasteiger partial charge in [0.25, 0.3) is 0 Å². The van der Waals surface area contributed by atoms with Crippen molar-refractivity contribution in [3.63, 3.8) is 0 Å². The number of nitrogens with one attached hydrogen (secondary N) is 2. The topological polar surface area (TPSA) is 59.6 Å². The zero-order valence-electron chi connectivity index (χ0n) is 10.9. The van der Waals surface area contributed by atoms with Crippen LogP contribution in [0.1, 0.15) is 27.7 Å². The third-order valence-corrected chi connectivity index (χ3v) is 1.75. The summed E-state index contributed by atoms with van der Waals surface area (Å²) in [6.07, 6.45) is -0.382. The van der Waals surface area contributed by atoms with Crippen LogP contribution in [0, 0.1) is 0 Å². The molecule has 0 aliphatic carbocycles. The van der Waals surface area contributed by atoms with Crippen molar-refractivity contribution >= 4 is 6.09 Å². The Morgan fingerprint density at radius 2 is 2.00 bits per heavy atom. The van der Waals surface area contributed by atoms with Crippen molar-refractivity contribution in [3.05, 3.63) is 0 Å². The molecule has 0 aliphatic heterocycles. The average molecular weight is 232 g/mol. The monoisotopic (exact) mass is 232 g/mol. The van der Waals surface area contributed by atoms with Gasteiger partial charge in [-0.3, -0.25) is 0 Å². The van der Waals surface area contributed by atoms with E-state index < -0.39 is 5.60 Å². The molecule has 0 saturated heterocycles. The summed E-state index contributed by atoms with van der Waals surface area (Å²) in [5.41, 5.74) is -0.448. The molecule has 0 radical (unpaired) electrons. The van der Waals surface area contributed by atoms with E-state index in [1.807, 2.05) is 27.7 Å². The van der Waals surface area contributed by atoms with Crippen molar-refractivity contribution < 1.29 is 14.3 Å². The minimum atomic E-state index is -0.448. The van der Waals surface area contributed by atoms with Gasteiger partial charge in [-0.15, -0.1) is 0 Å². The average Bonchev–Trinajstić information content (AvgIpc) is 2.12. The Labute approximate surface area is 97.9 Å². The summed E-state index contributed by atoms with van der Waals surface area (Å²) >= 11 is 0. The second kappa shape index (κ2) is 7.46. The second-order valence-corrected chi connectivity index (χ2v) is 4.73. The molecule has 0 rings (SSSR count). The van der Waals surface area contributed by atoms with Crippen LogP contribution in [0.15, 0.2) is 0 Å². The highest BCUT2D eigenvalue weighted by atomic mass is 16.6. The minimum absolute atomic E-state index is 0.197. The Bertz CT molecular complexity index is 202. The van der Waals surface area contributed by atoms with Gasteiger partial charge in [-0.1, -0.05) is 0 Å². The van der Waals surface area contributed by atoms with Crippen LogP contribution in [0.25, 0.3) is 0 Å². The van der Waals surface area contributed by atoms with E-state index in [0.717, 1.165) is 6.54 Å². The molecule has 5 heteroatoms. The molecule has 1 unspecified atom stereocenters. The Hall–Kier alpha value is -0.810. The quantitative estimate of drug-likeness (QED) is 0.674. The minimum Gasteiger partial charge on any atom is -0.444 e. The maximum Gasteiger partial charge on any atom is 0.407 e. The van der Waals surface area contributed by atoms with E-state index in [1.165, 1.54) is 0 Å². The Morgan fingerprint density at radius 3 is 2.50 bits per heavy atom. The van der Waals surface area contributed by atoms with E-state index in [1.54, 1.807) is 7.11 Å². The molecule has 96 valence electrons. The van der Waals surface area contributed by atoms with E-state index in [2.05, 4.69) is 10.6 Å². The first-order chi connectivity index (χ1) is 7.35. The summed E-state index contributed by atoms with van der Waals surface area (Å²) < 4.78 is 10.0. The summed E-state index contributed by atoms with van der Waals surface area (Å²) in [5, 5.41) is 5.91. The predicted octanol–water partition coefficient (Wildman–Crippen LogP) is 1.14. The van der Waals surface area contributed by atoms with Gasteiger partial charge >= 0.3 is 6.09 Å². The Kier molecular flexibility index (Phi) is 7.08. The van der Waals surface area contributed by atoms with Crippen molar-refractivity contribution in [2.45, 2.75) is 39.3 Å². The molecular formula is C11H24N2O3. The zero-order chi connectivity index (χ0) is 12.6. The highest BCUT2D eigenvalue weighted by Crippen LogP contribution is 2.06. The highest BCUT2D eigenvalue weighted by molar-refractivity contribution is 5.67. The summed E-state index contributed by atoms with van der Waals surface area (Å²) in [5.74, 6) is 0. The fraction of sp³-hybridized carbons (Fsp3) is 0.909. The number of ether oxygens (including phenoxy) is 2. The number of rotatable bonds is 6. The predicted molar refractivity (Wildman–Crippen MR) is 63.6 cm³/mol. The lowest BCUT2D eigenvalue weighted by Gasteiger charge is -2.21. The highest BCUT2D eigenvalue weighted by Gasteiger charge is 2.16. The molecular weight excluding hydrogens is 208 g/mol. The summed E-state index contributed by atoms with van der Waals surface area (Å²) in [6.45, 7) is 9.49. The number of carbonyl (C=O) groups excluding carboxylic acids is 1. The lowest BCUT2D eigenvalue weighted by molar-refractivity contribution is 0.0523. The molecule has 5 nitrogen and oxygen atoms in total. The lowest BCUT2D eigenvalue weighted by Crippen LogP contribution is -2.42. The normalized spacial score (nSPS) is 13.3. The van der Waals surface area contributed by atoms with Crippen molar-refractivity contribution in [2.24, 2.45) is 0 Å². The number of hydrogen-bond donors (Lipinski definition) is 2. The van der Waals surface area contributed by atoms with Crippen LogP contribution in [-0.2, 0) is 9.47 Å². The van der Waals surface area contributed by atoms with Gasteiger partial charge in [0.15, 0.2) is 0 Å². The summed E-state index contributed by atoms with van der Waals surface area (Å²) in [7, 11) is 1.66. The summed E-state index contributed by atoms with van der Waals surface area (Å²) in [6, 6.07) is 0.197. The van der Waals surface area contributed by atoms with Crippen LogP contribution in [0.4, 0.5) is 4.79 Å². The molecule has 1 amide bonds. The molecule has 0 fully saturated rings. The van der Waals surface area contributed by atoms with Crippen LogP contribution in [0.3, 0.4) is 0 Å². The molecule has 2 N–H and O–H groups in total. The number of amides is 1. The van der Waals surface area contributed by atoms with Gasteiger partial charge in [-0.05, 0) is 27.7 Å². The number of hydrogen-bond acceptors (Lipinski definition) is 4. The van der Waals surface area contributed by atoms with Crippen LogP contribution in [-0.4, -0.2) is 44.5 Å². The first-order valence-electron chi connectivity index (χ1n) is 5.54. The zero-order valence-corrected chi connectivity index (χ0v) is 10.9. The largest absolute Gasteiger partial charge is 0.444 e. The van der Waals surface area contributed by atoms with Crippen LogP contribution in [0.5, 0.6) is 0 Å². The van der Waals surface area contributed by atoms with E-state index in [0.29, 0.717) is 13.2 Å². The van der Waals surface area contributed by atoms with E-state index in [9.17, 15) is 4.79 Å². The molecule has 1 atom stereocenters. The Morgan fingerprint density at radius 1 is 1.38 bits per heavy atom. The van der Waals surface area contributed by atoms with Gasteiger partial charge in [0.2, 0.25) is 0 Å². The van der Waals surface area contributed by atoms with Crippen LogP contribution in [0.2, 0.25) is 0 Å². The molecule has 16 heavy (non-hydrogen) atoms. The van der Waals surface area contributed by atoms with Gasteiger partial charge in [0.1, 0.15) is 5.60 Å². The van der Waals surface area contributed by atoms with Crippen molar-refractivity contribution in [1.29, 1.82) is 0 Å². The van der Waals surface area contributed by atoms with Gasteiger partial charge in [0.05, 0.1) is 6.61 Å². The molecule has 0 aliphatic rings. The summed E-state index contributed by atoms with van der Waals surface area (Å²) in [4.78, 5) is 11.3. The molecule has 0 heterocycles. The van der Waals surface area contributed by atoms with Crippen LogP contribution >= 0.6 is 0 Å². The van der Waals surface area contributed by atoms with E-state index in [-0.39, 0.29) is 12.1 Å². The number of carbonyl (C=O) groups is 1. The van der Waals surface area contributed by atoms with Gasteiger partial charge < -0.3 is 20.1 Å². The van der Waals surface area contributed by atoms with Crippen molar-refractivity contribution in [1.82, 2.24) is 10.6 Å². The van der Waals surface area contributed by atoms with E-state index >= 15 is 0 Å². The molecule has 0 aromatic rings. The maximum absolute atomic E-state index is 11.3. The first kappa shape index (κ1) is 15.2. The molecule has 0 aromatic carbocycles. The lowest BCUT2D eigenvalue weighted by atomic mass is 10.2. The molecule has 0 bridgehead atoms. The fourth-order valence-corrected chi connectivity index (χ4v) is 1.03.